The fraction of sp³-hybridized carbons (Fsp3) is 0.200. The van der Waals surface area contributed by atoms with Crippen molar-refractivity contribution < 1.29 is 0 Å². The van der Waals surface area contributed by atoms with Crippen molar-refractivity contribution in [1.29, 1.82) is 0 Å². The Balaban J connectivity index is 3.22. The van der Waals surface area contributed by atoms with E-state index in [0.29, 0.717) is 5.15 Å². The van der Waals surface area contributed by atoms with E-state index >= 15 is 0 Å². The van der Waals surface area contributed by atoms with Crippen molar-refractivity contribution in [2.45, 2.75) is 5.88 Å². The van der Waals surface area contributed by atoms with Crippen LogP contribution in [-0.2, 0) is 5.88 Å². The topological polar surface area (TPSA) is 34.9 Å². The SMILES string of the molecule is O=c1ccc(Cl)nn1CS. The van der Waals surface area contributed by atoms with Crippen LogP contribution in [0.5, 0.6) is 0 Å². The monoisotopic (exact) mass is 176 g/mol. The summed E-state index contributed by atoms with van der Waals surface area (Å²) in [6.45, 7) is 0. The van der Waals surface area contributed by atoms with E-state index in [4.69, 9.17) is 11.6 Å². The molecule has 0 atom stereocenters. The molecule has 0 radical (unpaired) electrons. The van der Waals surface area contributed by atoms with Gasteiger partial charge in [0.1, 0.15) is 5.15 Å². The van der Waals surface area contributed by atoms with Gasteiger partial charge in [0.25, 0.3) is 5.56 Å². The Bertz CT molecular complexity index is 285. The minimum absolute atomic E-state index is 0.195. The minimum atomic E-state index is -0.195. The van der Waals surface area contributed by atoms with E-state index in [1.807, 2.05) is 0 Å². The van der Waals surface area contributed by atoms with Crippen molar-refractivity contribution in [3.63, 3.8) is 0 Å². The second-order valence-corrected chi connectivity index (χ2v) is 2.31. The summed E-state index contributed by atoms with van der Waals surface area (Å²) in [5, 5.41) is 3.98. The molecule has 10 heavy (non-hydrogen) atoms. The van der Waals surface area contributed by atoms with Crippen LogP contribution >= 0.6 is 24.2 Å². The second-order valence-electron chi connectivity index (χ2n) is 1.64. The largest absolute Gasteiger partial charge is 0.268 e. The van der Waals surface area contributed by atoms with Gasteiger partial charge < -0.3 is 0 Å². The van der Waals surface area contributed by atoms with E-state index < -0.39 is 0 Å². The van der Waals surface area contributed by atoms with E-state index in [2.05, 4.69) is 17.7 Å². The highest BCUT2D eigenvalue weighted by atomic mass is 35.5. The van der Waals surface area contributed by atoms with Gasteiger partial charge in [-0.15, -0.1) is 0 Å². The number of halogens is 1. The first-order valence-corrected chi connectivity index (χ1v) is 3.59. The zero-order valence-electron chi connectivity index (χ0n) is 4.99. The van der Waals surface area contributed by atoms with Gasteiger partial charge >= 0.3 is 0 Å². The van der Waals surface area contributed by atoms with Crippen molar-refractivity contribution >= 4 is 24.2 Å². The van der Waals surface area contributed by atoms with E-state index in [1.165, 1.54) is 16.8 Å². The summed E-state index contributed by atoms with van der Waals surface area (Å²) in [5.41, 5.74) is -0.195. The molecule has 5 heteroatoms. The van der Waals surface area contributed by atoms with Gasteiger partial charge in [0.05, 0.1) is 5.88 Å². The van der Waals surface area contributed by atoms with E-state index in [-0.39, 0.29) is 11.4 Å². The van der Waals surface area contributed by atoms with Crippen LogP contribution in [0.15, 0.2) is 16.9 Å². The molecule has 0 aromatic carbocycles. The molecule has 0 amide bonds. The maximum absolute atomic E-state index is 10.8. The Kier molecular flexibility index (Phi) is 2.34. The van der Waals surface area contributed by atoms with Gasteiger partial charge in [-0.25, -0.2) is 4.68 Å². The van der Waals surface area contributed by atoms with Crippen LogP contribution in [0.2, 0.25) is 5.15 Å². The number of thiol groups is 1. The van der Waals surface area contributed by atoms with Crippen LogP contribution in [0.3, 0.4) is 0 Å². The molecule has 1 rings (SSSR count). The van der Waals surface area contributed by atoms with Gasteiger partial charge in [-0.05, 0) is 6.07 Å². The molecule has 0 aliphatic heterocycles. The Morgan fingerprint density at radius 3 is 2.90 bits per heavy atom. The number of rotatable bonds is 1. The first-order chi connectivity index (χ1) is 4.74. The van der Waals surface area contributed by atoms with Gasteiger partial charge in [-0.3, -0.25) is 4.79 Å². The lowest BCUT2D eigenvalue weighted by Gasteiger charge is -1.96. The van der Waals surface area contributed by atoms with Crippen molar-refractivity contribution in [2.75, 3.05) is 0 Å². The number of hydrogen-bond acceptors (Lipinski definition) is 3. The molecule has 0 aliphatic carbocycles. The number of hydrogen-bond donors (Lipinski definition) is 1. The van der Waals surface area contributed by atoms with Gasteiger partial charge in [-0.2, -0.15) is 17.7 Å². The summed E-state index contributed by atoms with van der Waals surface area (Å²) in [5.74, 6) is 0.249. The molecule has 0 saturated heterocycles. The lowest BCUT2D eigenvalue weighted by Crippen LogP contribution is -2.19. The third-order valence-corrected chi connectivity index (χ3v) is 1.44. The van der Waals surface area contributed by atoms with Crippen LogP contribution in [0, 0.1) is 0 Å². The average molecular weight is 177 g/mol. The molecular formula is C5H5ClN2OS. The van der Waals surface area contributed by atoms with Crippen LogP contribution < -0.4 is 5.56 Å². The molecular weight excluding hydrogens is 172 g/mol. The van der Waals surface area contributed by atoms with Gasteiger partial charge in [0.15, 0.2) is 0 Å². The third-order valence-electron chi connectivity index (χ3n) is 0.968. The average Bonchev–Trinajstić information content (AvgIpc) is 1.94. The number of aromatic nitrogens is 2. The predicted octanol–water partition coefficient (Wildman–Crippen LogP) is 0.784. The van der Waals surface area contributed by atoms with Crippen LogP contribution in [-0.4, -0.2) is 9.78 Å². The van der Waals surface area contributed by atoms with E-state index in [1.54, 1.807) is 0 Å². The third kappa shape index (κ3) is 1.52. The highest BCUT2D eigenvalue weighted by Crippen LogP contribution is 1.97. The maximum Gasteiger partial charge on any atom is 0.267 e. The molecule has 0 unspecified atom stereocenters. The summed E-state index contributed by atoms with van der Waals surface area (Å²) in [6, 6.07) is 2.80. The molecule has 0 bridgehead atoms. The molecule has 0 fully saturated rings. The predicted molar refractivity (Wildman–Crippen MR) is 42.5 cm³/mol. The highest BCUT2D eigenvalue weighted by Gasteiger charge is 1.93. The van der Waals surface area contributed by atoms with E-state index in [0.717, 1.165) is 0 Å². The molecule has 0 saturated carbocycles. The van der Waals surface area contributed by atoms with Gasteiger partial charge in [0.2, 0.25) is 0 Å². The summed E-state index contributed by atoms with van der Waals surface area (Å²) in [4.78, 5) is 10.8. The van der Waals surface area contributed by atoms with Crippen molar-refractivity contribution in [2.24, 2.45) is 0 Å². The first kappa shape index (κ1) is 7.63. The molecule has 0 aliphatic rings. The first-order valence-electron chi connectivity index (χ1n) is 2.58. The zero-order chi connectivity index (χ0) is 7.56. The van der Waals surface area contributed by atoms with Crippen LogP contribution in [0.1, 0.15) is 0 Å². The Morgan fingerprint density at radius 2 is 2.40 bits per heavy atom. The summed E-state index contributed by atoms with van der Waals surface area (Å²) in [7, 11) is 0. The Hall–Kier alpha value is -0.480. The fourth-order valence-electron chi connectivity index (χ4n) is 0.525. The quantitative estimate of drug-likeness (QED) is 0.642. The maximum atomic E-state index is 10.8. The number of nitrogens with zero attached hydrogens (tertiary/aromatic N) is 2. The van der Waals surface area contributed by atoms with Gasteiger partial charge in [-0.1, -0.05) is 11.6 Å². The summed E-state index contributed by atoms with van der Waals surface area (Å²) >= 11 is 9.36. The standard InChI is InChI=1S/C5H5ClN2OS/c6-4-1-2-5(9)8(3-10)7-4/h1-2,10H,3H2. The minimum Gasteiger partial charge on any atom is -0.268 e. The molecule has 54 valence electrons. The molecule has 0 spiro atoms. The molecule has 1 aromatic rings. The van der Waals surface area contributed by atoms with Crippen molar-refractivity contribution in [1.82, 2.24) is 9.78 Å². The zero-order valence-corrected chi connectivity index (χ0v) is 6.64. The Labute approximate surface area is 68.0 Å². The molecule has 0 N–H and O–H groups in total. The Morgan fingerprint density at radius 1 is 1.70 bits per heavy atom. The van der Waals surface area contributed by atoms with E-state index in [9.17, 15) is 4.79 Å². The molecule has 3 nitrogen and oxygen atoms in total. The lowest BCUT2D eigenvalue weighted by atomic mass is 10.6. The van der Waals surface area contributed by atoms with Crippen LogP contribution in [0.4, 0.5) is 0 Å². The lowest BCUT2D eigenvalue weighted by molar-refractivity contribution is 0.696. The normalized spacial score (nSPS) is 9.80. The summed E-state index contributed by atoms with van der Waals surface area (Å²) in [6.07, 6.45) is 0. The smallest absolute Gasteiger partial charge is 0.267 e. The van der Waals surface area contributed by atoms with Gasteiger partial charge in [0, 0.05) is 6.07 Å². The van der Waals surface area contributed by atoms with Crippen molar-refractivity contribution in [3.05, 3.63) is 27.6 Å². The molecule has 1 aromatic heterocycles. The second kappa shape index (κ2) is 3.07. The highest BCUT2D eigenvalue weighted by molar-refractivity contribution is 7.79. The van der Waals surface area contributed by atoms with Crippen molar-refractivity contribution in [3.8, 4) is 0 Å². The summed E-state index contributed by atoms with van der Waals surface area (Å²) < 4.78 is 1.17. The fourth-order valence-corrected chi connectivity index (χ4v) is 0.882. The van der Waals surface area contributed by atoms with Crippen LogP contribution in [0.25, 0.3) is 0 Å². The molecule has 1 heterocycles.